The van der Waals surface area contributed by atoms with E-state index in [1.54, 1.807) is 25.2 Å². The van der Waals surface area contributed by atoms with Gasteiger partial charge in [0.05, 0.1) is 0 Å². The number of benzene rings is 1. The molecule has 0 spiro atoms. The van der Waals surface area contributed by atoms with Crippen molar-refractivity contribution in [3.8, 4) is 0 Å². The number of hydrogen-bond acceptors (Lipinski definition) is 4. The Bertz CT molecular complexity index is 1080. The average Bonchev–Trinajstić information content (AvgIpc) is 2.97. The summed E-state index contributed by atoms with van der Waals surface area (Å²) in [7, 11) is -2.24. The van der Waals surface area contributed by atoms with Crippen LogP contribution in [0.2, 0.25) is 0 Å². The average molecular weight is 346 g/mol. The number of nitrogens with zero attached hydrogens (tertiary/aromatic N) is 3. The predicted molar refractivity (Wildman–Crippen MR) is 91.8 cm³/mol. The Labute approximate surface area is 139 Å². The number of nitrogens with one attached hydrogen (secondary N) is 1. The van der Waals surface area contributed by atoms with Crippen LogP contribution in [0.15, 0.2) is 46.2 Å². The summed E-state index contributed by atoms with van der Waals surface area (Å²) in [6.45, 7) is 3.78. The summed E-state index contributed by atoms with van der Waals surface area (Å²) < 4.78 is 30.5. The summed E-state index contributed by atoms with van der Waals surface area (Å²) in [6, 6.07) is 8.46. The van der Waals surface area contributed by atoms with Crippen LogP contribution in [0.1, 0.15) is 18.3 Å². The van der Waals surface area contributed by atoms with E-state index in [1.807, 2.05) is 19.9 Å². The molecule has 2 heterocycles. The maximum absolute atomic E-state index is 12.6. The van der Waals surface area contributed by atoms with Gasteiger partial charge in [0.25, 0.3) is 15.6 Å². The van der Waals surface area contributed by atoms with Gasteiger partial charge in [-0.2, -0.15) is 5.10 Å². The molecule has 0 aliphatic rings. The molecule has 0 amide bonds. The number of hydrogen-bond donors (Lipinski definition) is 1. The lowest BCUT2D eigenvalue weighted by atomic mass is 10.2. The van der Waals surface area contributed by atoms with Gasteiger partial charge >= 0.3 is 0 Å². The fourth-order valence-corrected chi connectivity index (χ4v) is 3.63. The molecule has 0 aliphatic heterocycles. The van der Waals surface area contributed by atoms with E-state index >= 15 is 0 Å². The largest absolute Gasteiger partial charge is 0.297 e. The van der Waals surface area contributed by atoms with Crippen LogP contribution in [0, 0.1) is 6.92 Å². The predicted octanol–water partition coefficient (Wildman–Crippen LogP) is 1.70. The van der Waals surface area contributed by atoms with Crippen LogP contribution in [0.3, 0.4) is 0 Å². The third-order valence-electron chi connectivity index (χ3n) is 3.75. The molecule has 0 saturated heterocycles. The summed E-state index contributed by atoms with van der Waals surface area (Å²) in [6.07, 6.45) is 2.00. The normalized spacial score (nSPS) is 11.8. The fourth-order valence-electron chi connectivity index (χ4n) is 2.56. The quantitative estimate of drug-likeness (QED) is 0.779. The van der Waals surface area contributed by atoms with Crippen molar-refractivity contribution in [2.75, 3.05) is 4.72 Å². The molecule has 0 unspecified atom stereocenters. The van der Waals surface area contributed by atoms with Crippen molar-refractivity contribution < 1.29 is 8.42 Å². The molecule has 8 heteroatoms. The number of aromatic nitrogens is 3. The van der Waals surface area contributed by atoms with Crippen molar-refractivity contribution in [3.05, 3.63) is 58.3 Å². The number of sulfonamides is 1. The van der Waals surface area contributed by atoms with Crippen LogP contribution in [-0.2, 0) is 23.5 Å². The van der Waals surface area contributed by atoms with Gasteiger partial charge in [-0.1, -0.05) is 19.1 Å². The van der Waals surface area contributed by atoms with Gasteiger partial charge in [-0.05, 0) is 30.7 Å². The summed E-state index contributed by atoms with van der Waals surface area (Å²) >= 11 is 0. The highest BCUT2D eigenvalue weighted by Crippen LogP contribution is 2.19. The first-order valence-electron chi connectivity index (χ1n) is 7.49. The van der Waals surface area contributed by atoms with Gasteiger partial charge in [-0.3, -0.25) is 13.9 Å². The second-order valence-electron chi connectivity index (χ2n) is 5.60. The molecular formula is C16H18N4O3S. The molecule has 126 valence electrons. The van der Waals surface area contributed by atoms with Crippen LogP contribution in [-0.4, -0.2) is 22.6 Å². The molecule has 0 radical (unpaired) electrons. The van der Waals surface area contributed by atoms with Gasteiger partial charge in [-0.15, -0.1) is 0 Å². The standard InChI is InChI=1S/C16H18N4O3S/c1-4-15-17-19(3)16(21)14-9-13(10-20(14)15)24(22,23)18-12-7-5-6-11(2)8-12/h5-10,18H,4H2,1-3H3. The molecular weight excluding hydrogens is 328 g/mol. The minimum absolute atomic E-state index is 0.0313. The number of rotatable bonds is 4. The van der Waals surface area contributed by atoms with E-state index in [2.05, 4.69) is 9.82 Å². The van der Waals surface area contributed by atoms with Crippen molar-refractivity contribution in [1.29, 1.82) is 0 Å². The number of fused-ring (bicyclic) bond motifs is 1. The molecule has 0 fully saturated rings. The van der Waals surface area contributed by atoms with Crippen molar-refractivity contribution in [3.63, 3.8) is 0 Å². The monoisotopic (exact) mass is 346 g/mol. The Morgan fingerprint density at radius 1 is 1.25 bits per heavy atom. The third kappa shape index (κ3) is 2.80. The van der Waals surface area contributed by atoms with E-state index in [0.717, 1.165) is 5.56 Å². The lowest BCUT2D eigenvalue weighted by Gasteiger charge is -2.06. The molecule has 3 rings (SSSR count). The molecule has 0 atom stereocenters. The first-order chi connectivity index (χ1) is 11.3. The van der Waals surface area contributed by atoms with Gasteiger partial charge in [0, 0.05) is 25.4 Å². The second kappa shape index (κ2) is 5.79. The van der Waals surface area contributed by atoms with E-state index in [4.69, 9.17) is 0 Å². The first kappa shape index (κ1) is 16.3. The van der Waals surface area contributed by atoms with Crippen molar-refractivity contribution >= 4 is 21.2 Å². The van der Waals surface area contributed by atoms with Crippen molar-refractivity contribution in [2.24, 2.45) is 7.05 Å². The van der Waals surface area contributed by atoms with Crippen LogP contribution in [0.25, 0.3) is 5.52 Å². The topological polar surface area (TPSA) is 85.5 Å². The van der Waals surface area contributed by atoms with Crippen LogP contribution in [0.4, 0.5) is 5.69 Å². The first-order valence-corrected chi connectivity index (χ1v) is 8.98. The van der Waals surface area contributed by atoms with E-state index < -0.39 is 10.0 Å². The molecule has 0 saturated carbocycles. The summed E-state index contributed by atoms with van der Waals surface area (Å²) in [4.78, 5) is 12.2. The maximum Gasteiger partial charge on any atom is 0.290 e. The lowest BCUT2D eigenvalue weighted by molar-refractivity contribution is 0.601. The molecule has 0 aliphatic carbocycles. The summed E-state index contributed by atoms with van der Waals surface area (Å²) in [5.41, 5.74) is 1.37. The van der Waals surface area contributed by atoms with Gasteiger partial charge in [0.2, 0.25) is 0 Å². The number of anilines is 1. The smallest absolute Gasteiger partial charge is 0.290 e. The van der Waals surface area contributed by atoms with Crippen LogP contribution < -0.4 is 10.3 Å². The molecule has 2 aromatic heterocycles. The SMILES string of the molecule is CCc1nn(C)c(=O)c2cc(S(=O)(=O)Nc3cccc(C)c3)cn12. The molecule has 24 heavy (non-hydrogen) atoms. The minimum atomic E-state index is -3.79. The molecule has 7 nitrogen and oxygen atoms in total. The van der Waals surface area contributed by atoms with Gasteiger partial charge in [0.1, 0.15) is 16.2 Å². The zero-order chi connectivity index (χ0) is 17.5. The molecule has 1 N–H and O–H groups in total. The van der Waals surface area contributed by atoms with E-state index in [0.29, 0.717) is 17.9 Å². The van der Waals surface area contributed by atoms with Crippen molar-refractivity contribution in [1.82, 2.24) is 14.2 Å². The minimum Gasteiger partial charge on any atom is -0.297 e. The fraction of sp³-hybridized carbons (Fsp3) is 0.250. The summed E-state index contributed by atoms with van der Waals surface area (Å²) in [5, 5.41) is 4.16. The van der Waals surface area contributed by atoms with Gasteiger partial charge in [0.15, 0.2) is 0 Å². The maximum atomic E-state index is 12.6. The van der Waals surface area contributed by atoms with Gasteiger partial charge in [-0.25, -0.2) is 13.1 Å². The Morgan fingerprint density at radius 2 is 2.00 bits per heavy atom. The van der Waals surface area contributed by atoms with Crippen LogP contribution >= 0.6 is 0 Å². The lowest BCUT2D eigenvalue weighted by Crippen LogP contribution is -2.23. The molecule has 3 aromatic rings. The Balaban J connectivity index is 2.12. The molecule has 0 bridgehead atoms. The van der Waals surface area contributed by atoms with Gasteiger partial charge < -0.3 is 0 Å². The second-order valence-corrected chi connectivity index (χ2v) is 7.29. The highest BCUT2D eigenvalue weighted by Gasteiger charge is 2.19. The Morgan fingerprint density at radius 3 is 2.67 bits per heavy atom. The van der Waals surface area contributed by atoms with E-state index in [1.165, 1.54) is 21.3 Å². The van der Waals surface area contributed by atoms with Crippen molar-refractivity contribution in [2.45, 2.75) is 25.2 Å². The zero-order valence-electron chi connectivity index (χ0n) is 13.6. The Kier molecular flexibility index (Phi) is 3.92. The van der Waals surface area contributed by atoms with E-state index in [-0.39, 0.29) is 16.0 Å². The zero-order valence-corrected chi connectivity index (χ0v) is 14.5. The summed E-state index contributed by atoms with van der Waals surface area (Å²) in [5.74, 6) is 0.615. The van der Waals surface area contributed by atoms with Crippen LogP contribution in [0.5, 0.6) is 0 Å². The highest BCUT2D eigenvalue weighted by atomic mass is 32.2. The highest BCUT2D eigenvalue weighted by molar-refractivity contribution is 7.92. The Hall–Kier alpha value is -2.61. The number of aryl methyl sites for hydroxylation is 3. The van der Waals surface area contributed by atoms with E-state index in [9.17, 15) is 13.2 Å². The third-order valence-corrected chi connectivity index (χ3v) is 5.10. The molecule has 1 aromatic carbocycles.